The Labute approximate surface area is 190 Å². The third-order valence-corrected chi connectivity index (χ3v) is 6.00. The van der Waals surface area contributed by atoms with Crippen LogP contribution in [0.2, 0.25) is 0 Å². The molecule has 0 aliphatic carbocycles. The second-order valence-electron chi connectivity index (χ2n) is 8.13. The zero-order chi connectivity index (χ0) is 23.4. The number of nitrogens with one attached hydrogen (secondary N) is 2. The van der Waals surface area contributed by atoms with Crippen molar-refractivity contribution in [3.8, 4) is 0 Å². The number of likely N-dealkylation sites (tertiary alicyclic amines) is 1. The lowest BCUT2D eigenvalue weighted by molar-refractivity contribution is -0.166. The van der Waals surface area contributed by atoms with Crippen LogP contribution in [-0.2, 0) is 24.7 Å². The van der Waals surface area contributed by atoms with Gasteiger partial charge in [-0.1, -0.05) is 48.5 Å². The lowest BCUT2D eigenvalue weighted by Gasteiger charge is -2.41. The van der Waals surface area contributed by atoms with Crippen LogP contribution in [0.1, 0.15) is 35.2 Å². The average molecular weight is 451 g/mol. The number of carbonyl (C=O) groups is 4. The summed E-state index contributed by atoms with van der Waals surface area (Å²) >= 11 is 0. The lowest BCUT2D eigenvalue weighted by atomic mass is 9.81. The summed E-state index contributed by atoms with van der Waals surface area (Å²) in [6.07, 6.45) is -0.686. The minimum atomic E-state index is -1.85. The number of ether oxygens (including phenoxy) is 1. The van der Waals surface area contributed by atoms with Gasteiger partial charge in [-0.05, 0) is 17.7 Å². The van der Waals surface area contributed by atoms with Crippen LogP contribution in [-0.4, -0.2) is 59.1 Å². The molecule has 2 saturated heterocycles. The maximum absolute atomic E-state index is 12.7. The van der Waals surface area contributed by atoms with E-state index in [2.05, 4.69) is 10.6 Å². The van der Waals surface area contributed by atoms with Gasteiger partial charge in [-0.15, -0.1) is 0 Å². The Morgan fingerprint density at radius 1 is 1.03 bits per heavy atom. The summed E-state index contributed by atoms with van der Waals surface area (Å²) < 4.78 is 5.78. The third kappa shape index (κ3) is 4.50. The maximum Gasteiger partial charge on any atom is 0.334 e. The smallest absolute Gasteiger partial charge is 0.334 e. The molecule has 3 amide bonds. The molecular weight excluding hydrogens is 426 g/mol. The summed E-state index contributed by atoms with van der Waals surface area (Å²) in [5, 5.41) is 16.3. The number of aliphatic carboxylic acids is 1. The van der Waals surface area contributed by atoms with E-state index >= 15 is 0 Å². The Balaban J connectivity index is 1.51. The Hall–Kier alpha value is -3.56. The van der Waals surface area contributed by atoms with E-state index in [0.29, 0.717) is 11.1 Å². The standard InChI is InChI=1S/C24H25N3O6/c28-20-11-12-21(29)27(20)24(23(31)32,17-9-5-2-6-10-17)13-18-15-33-19(14-25-18)26-22(30)16-7-3-1-4-8-16/h1-10,18-19,25H,11-15H2,(H,26,30)(H,31,32). The summed E-state index contributed by atoms with van der Waals surface area (Å²) in [6, 6.07) is 16.6. The van der Waals surface area contributed by atoms with Crippen molar-refractivity contribution < 1.29 is 29.0 Å². The Morgan fingerprint density at radius 3 is 2.18 bits per heavy atom. The highest BCUT2D eigenvalue weighted by Gasteiger charge is 2.54. The zero-order valence-electron chi connectivity index (χ0n) is 17.9. The number of nitrogens with zero attached hydrogens (tertiary/aromatic N) is 1. The largest absolute Gasteiger partial charge is 0.479 e. The molecule has 9 heteroatoms. The number of rotatable bonds is 7. The highest BCUT2D eigenvalue weighted by Crippen LogP contribution is 2.38. The summed E-state index contributed by atoms with van der Waals surface area (Å²) in [5.74, 6) is -2.57. The van der Waals surface area contributed by atoms with Gasteiger partial charge >= 0.3 is 5.97 Å². The van der Waals surface area contributed by atoms with Crippen LogP contribution >= 0.6 is 0 Å². The van der Waals surface area contributed by atoms with Crippen LogP contribution in [0.15, 0.2) is 60.7 Å². The molecule has 3 unspecified atom stereocenters. The summed E-state index contributed by atoms with van der Waals surface area (Å²) in [4.78, 5) is 51.1. The van der Waals surface area contributed by atoms with Gasteiger partial charge < -0.3 is 20.5 Å². The molecule has 172 valence electrons. The molecule has 2 aromatic rings. The minimum Gasteiger partial charge on any atom is -0.479 e. The second kappa shape index (κ2) is 9.51. The number of benzene rings is 2. The Kier molecular flexibility index (Phi) is 6.52. The predicted molar refractivity (Wildman–Crippen MR) is 117 cm³/mol. The first kappa shape index (κ1) is 22.6. The van der Waals surface area contributed by atoms with Gasteiger partial charge in [0, 0.05) is 37.4 Å². The van der Waals surface area contributed by atoms with Gasteiger partial charge in [-0.3, -0.25) is 19.3 Å². The molecule has 3 N–H and O–H groups in total. The predicted octanol–water partition coefficient (Wildman–Crippen LogP) is 1.25. The number of carbonyl (C=O) groups excluding carboxylic acids is 3. The van der Waals surface area contributed by atoms with Crippen molar-refractivity contribution in [2.75, 3.05) is 13.2 Å². The molecule has 9 nitrogen and oxygen atoms in total. The highest BCUT2D eigenvalue weighted by molar-refractivity contribution is 6.06. The first-order chi connectivity index (χ1) is 15.9. The molecule has 3 atom stereocenters. The van der Waals surface area contributed by atoms with E-state index in [-0.39, 0.29) is 38.3 Å². The quantitative estimate of drug-likeness (QED) is 0.541. The second-order valence-corrected chi connectivity index (χ2v) is 8.13. The fourth-order valence-corrected chi connectivity index (χ4v) is 4.38. The number of carboxylic acids is 1. The van der Waals surface area contributed by atoms with E-state index in [1.54, 1.807) is 54.6 Å². The number of amides is 3. The minimum absolute atomic E-state index is 0.0110. The van der Waals surface area contributed by atoms with Crippen LogP contribution in [0.25, 0.3) is 0 Å². The number of morpholine rings is 1. The lowest BCUT2D eigenvalue weighted by Crippen LogP contribution is -2.60. The molecule has 4 rings (SSSR count). The van der Waals surface area contributed by atoms with Gasteiger partial charge in [0.1, 0.15) is 6.23 Å². The SMILES string of the molecule is O=C(NC1CNC(CC(C(=O)O)(c2ccccc2)N2C(=O)CCC2=O)CO1)c1ccccc1. The van der Waals surface area contributed by atoms with Gasteiger partial charge in [-0.2, -0.15) is 0 Å². The van der Waals surface area contributed by atoms with Crippen LogP contribution < -0.4 is 10.6 Å². The molecule has 33 heavy (non-hydrogen) atoms. The van der Waals surface area contributed by atoms with E-state index in [1.807, 2.05) is 6.07 Å². The van der Waals surface area contributed by atoms with Gasteiger partial charge in [0.25, 0.3) is 5.91 Å². The van der Waals surface area contributed by atoms with Crippen molar-refractivity contribution in [2.45, 2.75) is 37.1 Å². The topological polar surface area (TPSA) is 125 Å². The van der Waals surface area contributed by atoms with Gasteiger partial charge in [0.05, 0.1) is 6.61 Å². The number of hydrogen-bond donors (Lipinski definition) is 3. The summed E-state index contributed by atoms with van der Waals surface area (Å²) in [7, 11) is 0. The molecule has 0 bridgehead atoms. The van der Waals surface area contributed by atoms with Crippen LogP contribution in [0.4, 0.5) is 0 Å². The van der Waals surface area contributed by atoms with Gasteiger partial charge in [0.2, 0.25) is 11.8 Å². The molecule has 0 radical (unpaired) electrons. The molecule has 2 fully saturated rings. The molecule has 2 aromatic carbocycles. The molecular formula is C24H25N3O6. The Bertz CT molecular complexity index is 1020. The molecule has 2 aliphatic rings. The monoisotopic (exact) mass is 451 g/mol. The van der Waals surface area contributed by atoms with Crippen molar-refractivity contribution in [3.05, 3.63) is 71.8 Å². The molecule has 2 heterocycles. The molecule has 0 aromatic heterocycles. The number of imide groups is 1. The maximum atomic E-state index is 12.7. The van der Waals surface area contributed by atoms with E-state index in [4.69, 9.17) is 4.74 Å². The van der Waals surface area contributed by atoms with Crippen molar-refractivity contribution in [2.24, 2.45) is 0 Å². The van der Waals surface area contributed by atoms with Crippen LogP contribution in [0, 0.1) is 0 Å². The van der Waals surface area contributed by atoms with Crippen LogP contribution in [0.3, 0.4) is 0 Å². The summed E-state index contributed by atoms with van der Waals surface area (Å²) in [5.41, 5.74) is -1.00. The van der Waals surface area contributed by atoms with E-state index < -0.39 is 35.6 Å². The van der Waals surface area contributed by atoms with E-state index in [0.717, 1.165) is 4.90 Å². The summed E-state index contributed by atoms with van der Waals surface area (Å²) in [6.45, 7) is 0.341. The van der Waals surface area contributed by atoms with Crippen molar-refractivity contribution >= 4 is 23.7 Å². The first-order valence-corrected chi connectivity index (χ1v) is 10.8. The van der Waals surface area contributed by atoms with E-state index in [9.17, 15) is 24.3 Å². The fraction of sp³-hybridized carbons (Fsp3) is 0.333. The third-order valence-electron chi connectivity index (χ3n) is 6.00. The first-order valence-electron chi connectivity index (χ1n) is 10.8. The molecule has 0 spiro atoms. The van der Waals surface area contributed by atoms with Crippen molar-refractivity contribution in [1.82, 2.24) is 15.5 Å². The Morgan fingerprint density at radius 2 is 1.64 bits per heavy atom. The molecule has 2 aliphatic heterocycles. The van der Waals surface area contributed by atoms with Gasteiger partial charge in [0.15, 0.2) is 5.54 Å². The van der Waals surface area contributed by atoms with Gasteiger partial charge in [-0.25, -0.2) is 4.79 Å². The zero-order valence-corrected chi connectivity index (χ0v) is 17.9. The fourth-order valence-electron chi connectivity index (χ4n) is 4.38. The number of carboxylic acid groups (broad SMARTS) is 1. The average Bonchev–Trinajstić information content (AvgIpc) is 3.17. The van der Waals surface area contributed by atoms with E-state index in [1.165, 1.54) is 0 Å². The normalized spacial score (nSPS) is 22.6. The molecule has 0 saturated carbocycles. The number of hydrogen-bond acceptors (Lipinski definition) is 6. The highest BCUT2D eigenvalue weighted by atomic mass is 16.5. The van der Waals surface area contributed by atoms with Crippen molar-refractivity contribution in [3.63, 3.8) is 0 Å². The van der Waals surface area contributed by atoms with Crippen LogP contribution in [0.5, 0.6) is 0 Å². The van der Waals surface area contributed by atoms with Crippen molar-refractivity contribution in [1.29, 1.82) is 0 Å².